The van der Waals surface area contributed by atoms with Gasteiger partial charge in [-0.05, 0) is 213 Å². The maximum Gasteiger partial charge on any atom is 0.461 e. The molecule has 0 saturated heterocycles. The molecule has 0 aliphatic rings. The average Bonchev–Trinajstić information content (AvgIpc) is 0.819. The molecule has 0 unspecified atom stereocenters. The fourth-order valence-corrected chi connectivity index (χ4v) is 9.75. The summed E-state index contributed by atoms with van der Waals surface area (Å²) in [6, 6.07) is 20.2. The maximum atomic E-state index is 12.8. The standard InChI is InChI=1S/C12H11F7O.C11H10F6S.C11H11F5O.C11H10F3N.C10H10BrF3.C10H9F6N.C10H10F4/c1-6(2)7-3-8(11(15,16)17)5-9(4-7)20-12(18,19)10(13)14;1-6(2)7-3-8(10(12,13)14)5-9(4-7)18-11(15,16)17;1-6(2)7-3-8(11(14,15)16)5-9(4-7)17-10(12)13;1-7(2)9-3-8(6-15)4-10(5-9)11(12,13)14;1-6(2)7-3-8(10(12,13)14)5-9(11)4-7;1-5(2)6-3-7(9(11,12)13)17-8(4-6)10(14,15)16;1-6(2)7-3-8(10(12,13)14)5-9(11)4-7/h3-6,10H,1-2H3;3-6H,1-2H3;3-6,10H,1-2H3;3-5,7H,1-2H3;3-6H,1-2H3;3-5H,1-2H3;3-6H,1-2H3. The molecule has 115 heavy (non-hydrogen) atoms. The number of rotatable bonds is 13. The summed E-state index contributed by atoms with van der Waals surface area (Å²) in [6.45, 7) is 20.3. The largest absolute Gasteiger partial charge is 0.461 e. The van der Waals surface area contributed by atoms with Crippen LogP contribution in [0.1, 0.15) is 228 Å². The number of pyridine rings is 1. The molecule has 0 atom stereocenters. The smallest absolute Gasteiger partial charge is 0.435 e. The van der Waals surface area contributed by atoms with Crippen molar-refractivity contribution in [2.75, 3.05) is 0 Å². The van der Waals surface area contributed by atoms with E-state index in [2.05, 4.69) is 30.4 Å². The van der Waals surface area contributed by atoms with Gasteiger partial charge in [-0.25, -0.2) is 9.37 Å². The predicted molar refractivity (Wildman–Crippen MR) is 364 cm³/mol. The normalized spacial score (nSPS) is 12.6. The second kappa shape index (κ2) is 41.9. The molecular formula is C75H71BrF34N2O2S. The van der Waals surface area contributed by atoms with Crippen molar-refractivity contribution < 1.29 is 159 Å². The third-order valence-electron chi connectivity index (χ3n) is 14.7. The monoisotopic (exact) mass is 1790 g/mol. The van der Waals surface area contributed by atoms with Crippen molar-refractivity contribution in [3.8, 4) is 17.6 Å². The van der Waals surface area contributed by atoms with Crippen LogP contribution in [0, 0.1) is 17.1 Å². The first-order chi connectivity index (χ1) is 51.6. The molecule has 6 aromatic carbocycles. The Hall–Kier alpha value is -7.99. The minimum absolute atomic E-state index is 0.0283. The molecule has 4 nitrogen and oxygen atoms in total. The van der Waals surface area contributed by atoms with Crippen LogP contribution in [-0.4, -0.2) is 29.6 Å². The third kappa shape index (κ3) is 37.9. The molecular weight excluding hydrogens is 1720 g/mol. The number of alkyl halides is 33. The summed E-state index contributed by atoms with van der Waals surface area (Å²) in [7, 11) is 0. The fraction of sp³-hybridized carbons (Fsp3) is 0.440. The topological polar surface area (TPSA) is 55.1 Å². The zero-order chi connectivity index (χ0) is 90.0. The van der Waals surface area contributed by atoms with Crippen molar-refractivity contribution >= 4 is 27.7 Å². The van der Waals surface area contributed by atoms with Crippen LogP contribution in [0.4, 0.5) is 149 Å². The molecule has 0 fully saturated rings. The number of nitriles is 1. The lowest BCUT2D eigenvalue weighted by molar-refractivity contribution is -0.253. The van der Waals surface area contributed by atoms with E-state index in [0.29, 0.717) is 57.1 Å². The Bertz CT molecular complexity index is 4150. The van der Waals surface area contributed by atoms with Gasteiger partial charge >= 0.3 is 74.1 Å². The number of halogens is 35. The minimum atomic E-state index is -4.88. The first kappa shape index (κ1) is 105. The quantitative estimate of drug-likeness (QED) is 0.0851. The molecule has 1 heterocycles. The van der Waals surface area contributed by atoms with E-state index < -0.39 is 165 Å². The van der Waals surface area contributed by atoms with Gasteiger partial charge in [0.2, 0.25) is 0 Å². The first-order valence-corrected chi connectivity index (χ1v) is 34.5. The van der Waals surface area contributed by atoms with Crippen molar-refractivity contribution in [2.24, 2.45) is 0 Å². The molecule has 0 aliphatic heterocycles. The van der Waals surface area contributed by atoms with Crippen molar-refractivity contribution in [1.82, 2.24) is 4.98 Å². The summed E-state index contributed by atoms with van der Waals surface area (Å²) < 4.78 is 429. The van der Waals surface area contributed by atoms with E-state index in [1.54, 1.807) is 67.5 Å². The minimum Gasteiger partial charge on any atom is -0.435 e. The number of nitrogens with zero attached hydrogens (tertiary/aromatic N) is 2. The number of thioether (sulfide) groups is 1. The SMILES string of the molecule is CC(C)c1cc(Br)cc(C(F)(F)F)c1.CC(C)c1cc(C#N)cc(C(F)(F)F)c1.CC(C)c1cc(C(F)(F)F)nc(C(F)(F)F)c1.CC(C)c1cc(F)cc(C(F)(F)F)c1.CC(C)c1cc(OC(F)(F)C(F)F)cc(C(F)(F)F)c1.CC(C)c1cc(OC(F)F)cc(C(F)(F)F)c1.CC(C)c1cc(SC(F)(F)F)cc(C(F)(F)F)c1. The number of aromatic nitrogens is 1. The van der Waals surface area contributed by atoms with Crippen molar-refractivity contribution in [2.45, 2.75) is 217 Å². The summed E-state index contributed by atoms with van der Waals surface area (Å²) in [5.74, 6) is -3.67. The van der Waals surface area contributed by atoms with E-state index >= 15 is 0 Å². The van der Waals surface area contributed by atoms with Crippen LogP contribution in [0.3, 0.4) is 0 Å². The molecule has 0 N–H and O–H groups in total. The highest BCUT2D eigenvalue weighted by Gasteiger charge is 2.45. The van der Waals surface area contributed by atoms with Crippen molar-refractivity contribution in [3.63, 3.8) is 0 Å². The molecule has 40 heteroatoms. The zero-order valence-corrected chi connectivity index (χ0v) is 64.5. The summed E-state index contributed by atoms with van der Waals surface area (Å²) in [5, 5.41) is 8.62. The molecule has 7 rings (SSSR count). The fourth-order valence-electron chi connectivity index (χ4n) is 8.59. The van der Waals surface area contributed by atoms with E-state index in [1.165, 1.54) is 45.9 Å². The highest BCUT2D eigenvalue weighted by molar-refractivity contribution is 9.10. The molecule has 0 saturated carbocycles. The van der Waals surface area contributed by atoms with Gasteiger partial charge in [0.25, 0.3) is 0 Å². The summed E-state index contributed by atoms with van der Waals surface area (Å²) in [4.78, 5) is 2.16. The molecule has 0 radical (unpaired) electrons. The third-order valence-corrected chi connectivity index (χ3v) is 15.9. The Labute approximate surface area is 650 Å². The highest BCUT2D eigenvalue weighted by atomic mass is 79.9. The summed E-state index contributed by atoms with van der Waals surface area (Å²) >= 11 is 2.54. The first-order valence-electron chi connectivity index (χ1n) is 32.8. The highest BCUT2D eigenvalue weighted by Crippen LogP contribution is 2.44. The van der Waals surface area contributed by atoms with Crippen LogP contribution in [0.25, 0.3) is 0 Å². The van der Waals surface area contributed by atoms with E-state index in [9.17, 15) is 149 Å². The van der Waals surface area contributed by atoms with Gasteiger partial charge in [0, 0.05) is 9.37 Å². The Kier molecular flexibility index (Phi) is 38.3. The van der Waals surface area contributed by atoms with Gasteiger partial charge in [0.1, 0.15) is 28.7 Å². The van der Waals surface area contributed by atoms with E-state index in [1.807, 2.05) is 13.8 Å². The summed E-state index contributed by atoms with van der Waals surface area (Å²) in [6.07, 6.45) is -45.9. The van der Waals surface area contributed by atoms with Gasteiger partial charge in [0.15, 0.2) is 0 Å². The van der Waals surface area contributed by atoms with Gasteiger partial charge in [0.05, 0.1) is 45.0 Å². The predicted octanol–water partition coefficient (Wildman–Crippen LogP) is 31.4. The lowest BCUT2D eigenvalue weighted by Gasteiger charge is -2.19. The van der Waals surface area contributed by atoms with Crippen LogP contribution in [-0.2, 0) is 49.4 Å². The van der Waals surface area contributed by atoms with Gasteiger partial charge < -0.3 is 9.47 Å². The zero-order valence-electron chi connectivity index (χ0n) is 62.1. The molecule has 0 spiro atoms. The molecule has 0 bridgehead atoms. The lowest BCUT2D eigenvalue weighted by Crippen LogP contribution is -2.33. The van der Waals surface area contributed by atoms with Gasteiger partial charge in [-0.2, -0.15) is 150 Å². The van der Waals surface area contributed by atoms with E-state index in [0.717, 1.165) is 60.7 Å². The lowest BCUT2D eigenvalue weighted by atomic mass is 9.98. The van der Waals surface area contributed by atoms with Crippen LogP contribution >= 0.6 is 27.7 Å². The number of ether oxygens (including phenoxy) is 2. The van der Waals surface area contributed by atoms with Gasteiger partial charge in [-0.15, -0.1) is 0 Å². The van der Waals surface area contributed by atoms with E-state index in [4.69, 9.17) is 5.26 Å². The Morgan fingerprint density at radius 2 is 0.617 bits per heavy atom. The molecule has 644 valence electrons. The van der Waals surface area contributed by atoms with Crippen LogP contribution in [0.5, 0.6) is 11.5 Å². The van der Waals surface area contributed by atoms with E-state index in [-0.39, 0.29) is 57.9 Å². The van der Waals surface area contributed by atoms with Crippen LogP contribution in [0.2, 0.25) is 0 Å². The van der Waals surface area contributed by atoms with Gasteiger partial charge in [-0.1, -0.05) is 113 Å². The number of benzene rings is 6. The molecule has 0 amide bonds. The molecule has 7 aromatic rings. The number of hydrogen-bond donors (Lipinski definition) is 0. The Morgan fingerprint density at radius 3 is 0.939 bits per heavy atom. The van der Waals surface area contributed by atoms with Gasteiger partial charge in [-0.3, -0.25) is 0 Å². The average molecular weight is 1790 g/mol. The van der Waals surface area contributed by atoms with Crippen LogP contribution in [0.15, 0.2) is 131 Å². The van der Waals surface area contributed by atoms with Crippen molar-refractivity contribution in [1.29, 1.82) is 5.26 Å². The second-order valence-electron chi connectivity index (χ2n) is 26.5. The number of hydrogen-bond acceptors (Lipinski definition) is 5. The van der Waals surface area contributed by atoms with Crippen molar-refractivity contribution in [3.05, 3.63) is 221 Å². The summed E-state index contributed by atoms with van der Waals surface area (Å²) in [5.41, 5.74) is -11.0. The molecule has 0 aliphatic carbocycles. The second-order valence-corrected chi connectivity index (χ2v) is 28.6. The Balaban J connectivity index is 0.000000673. The molecule has 1 aromatic heterocycles. The van der Waals surface area contributed by atoms with Crippen LogP contribution < -0.4 is 9.47 Å². The maximum absolute atomic E-state index is 12.8. The Morgan fingerprint density at radius 1 is 0.330 bits per heavy atom.